The second-order valence-electron chi connectivity index (χ2n) is 2.20. The summed E-state index contributed by atoms with van der Waals surface area (Å²) in [6.07, 6.45) is -5.51. The summed E-state index contributed by atoms with van der Waals surface area (Å²) in [6.45, 7) is 0.785. The number of carbonyl (C=O) groups excluding carboxylic acids is 1. The van der Waals surface area contributed by atoms with Crippen molar-refractivity contribution < 1.29 is 35.9 Å². The number of carbonyl (C=O) groups is 1. The topological polar surface area (TPSA) is 26.3 Å². The highest BCUT2D eigenvalue weighted by Gasteiger charge is 2.38. The first kappa shape index (κ1) is 13.5. The smallest absolute Gasteiger partial charge is 0.445 e. The Morgan fingerprint density at radius 1 is 1.20 bits per heavy atom. The molecule has 0 bridgehead atoms. The van der Waals surface area contributed by atoms with E-state index in [0.717, 1.165) is 0 Å². The molecule has 0 saturated carbocycles. The van der Waals surface area contributed by atoms with Gasteiger partial charge in [-0.2, -0.15) is 22.0 Å². The van der Waals surface area contributed by atoms with Gasteiger partial charge in [-0.3, -0.25) is 0 Å². The van der Waals surface area contributed by atoms with Gasteiger partial charge in [0.2, 0.25) is 11.7 Å². The van der Waals surface area contributed by atoms with Crippen molar-refractivity contribution in [1.29, 1.82) is 0 Å². The highest BCUT2D eigenvalue weighted by molar-refractivity contribution is 5.85. The summed E-state index contributed by atoms with van der Waals surface area (Å²) in [5.41, 5.74) is 0. The van der Waals surface area contributed by atoms with Crippen molar-refractivity contribution in [2.45, 2.75) is 6.18 Å². The van der Waals surface area contributed by atoms with E-state index in [1.165, 1.54) is 0 Å². The van der Waals surface area contributed by atoms with Gasteiger partial charge < -0.3 is 4.74 Å². The number of allylic oxidation sites excluding steroid dienone is 1. The highest BCUT2D eigenvalue weighted by atomic mass is 19.4. The van der Waals surface area contributed by atoms with E-state index in [-0.39, 0.29) is 0 Å². The van der Waals surface area contributed by atoms with Crippen molar-refractivity contribution in [2.75, 3.05) is 6.61 Å². The van der Waals surface area contributed by atoms with E-state index in [2.05, 4.69) is 11.3 Å². The first-order valence-electron chi connectivity index (χ1n) is 3.29. The summed E-state index contributed by atoms with van der Waals surface area (Å²) in [6, 6.07) is 0. The normalized spacial score (nSPS) is 13.2. The molecule has 0 saturated heterocycles. The van der Waals surface area contributed by atoms with Crippen LogP contribution < -0.4 is 0 Å². The molecule has 0 spiro atoms. The molecule has 0 rings (SSSR count). The number of hydrogen-bond donors (Lipinski definition) is 0. The summed E-state index contributed by atoms with van der Waals surface area (Å²) < 4.78 is 74.2. The predicted octanol–water partition coefficient (Wildman–Crippen LogP) is 2.73. The Bertz CT molecular complexity index is 303. The van der Waals surface area contributed by atoms with Gasteiger partial charge in [-0.1, -0.05) is 6.58 Å². The molecule has 0 fully saturated rings. The molecule has 0 aliphatic carbocycles. The predicted molar refractivity (Wildman–Crippen MR) is 36.5 cm³/mol. The molecule has 2 nitrogen and oxygen atoms in total. The Kier molecular flexibility index (Phi) is 4.38. The van der Waals surface area contributed by atoms with E-state index >= 15 is 0 Å². The zero-order chi connectivity index (χ0) is 12.2. The van der Waals surface area contributed by atoms with Crippen molar-refractivity contribution in [3.05, 3.63) is 24.1 Å². The Morgan fingerprint density at radius 3 is 2.00 bits per heavy atom. The first-order chi connectivity index (χ1) is 6.66. The number of rotatable bonds is 3. The van der Waals surface area contributed by atoms with Crippen LogP contribution in [0.15, 0.2) is 24.1 Å². The number of ether oxygens (including phenoxy) is 1. The maximum absolute atomic E-state index is 12.3. The Morgan fingerprint density at radius 2 is 1.67 bits per heavy atom. The van der Waals surface area contributed by atoms with Crippen molar-refractivity contribution in [3.8, 4) is 0 Å². The maximum atomic E-state index is 12.3. The highest BCUT2D eigenvalue weighted by Crippen LogP contribution is 2.29. The fraction of sp³-hybridized carbons (Fsp3) is 0.286. The fourth-order valence-electron chi connectivity index (χ4n) is 0.424. The van der Waals surface area contributed by atoms with Gasteiger partial charge in [0.25, 0.3) is 0 Å². The third kappa shape index (κ3) is 4.52. The van der Waals surface area contributed by atoms with Gasteiger partial charge in [-0.25, -0.2) is 9.18 Å². The number of hydrogen-bond acceptors (Lipinski definition) is 2. The minimum absolute atomic E-state index is 1.63. The van der Waals surface area contributed by atoms with Gasteiger partial charge in [0.05, 0.1) is 0 Å². The minimum Gasteiger partial charge on any atom is -0.453 e. The van der Waals surface area contributed by atoms with E-state index in [9.17, 15) is 31.1 Å². The molecule has 86 valence electrons. The van der Waals surface area contributed by atoms with Crippen LogP contribution >= 0.6 is 0 Å². The average molecular weight is 234 g/mol. The van der Waals surface area contributed by atoms with E-state index in [4.69, 9.17) is 0 Å². The molecule has 0 aliphatic heterocycles. The molecule has 15 heavy (non-hydrogen) atoms. The van der Waals surface area contributed by atoms with E-state index in [1.54, 1.807) is 0 Å². The zero-order valence-electron chi connectivity index (χ0n) is 7.00. The van der Waals surface area contributed by atoms with Crippen LogP contribution in [0.3, 0.4) is 0 Å². The average Bonchev–Trinajstić information content (AvgIpc) is 2.10. The third-order valence-electron chi connectivity index (χ3n) is 1.04. The Balaban J connectivity index is 4.44. The monoisotopic (exact) mass is 234 g/mol. The summed E-state index contributed by atoms with van der Waals surface area (Å²) in [5.74, 6) is -8.77. The van der Waals surface area contributed by atoms with Crippen LogP contribution in [0.25, 0.3) is 0 Å². The minimum atomic E-state index is -5.51. The number of halogens is 6. The SMILES string of the molecule is C=C(F)C(=O)OC/C(F)=C(\F)C(F)(F)F. The van der Waals surface area contributed by atoms with Crippen LogP contribution in [0.4, 0.5) is 26.3 Å². The summed E-state index contributed by atoms with van der Waals surface area (Å²) >= 11 is 0. The van der Waals surface area contributed by atoms with Gasteiger partial charge in [0.1, 0.15) is 6.61 Å². The van der Waals surface area contributed by atoms with Crippen molar-refractivity contribution in [3.63, 3.8) is 0 Å². The molecule has 0 aliphatic rings. The lowest BCUT2D eigenvalue weighted by molar-refractivity contribution is -0.141. The van der Waals surface area contributed by atoms with Crippen LogP contribution in [-0.2, 0) is 9.53 Å². The van der Waals surface area contributed by atoms with Gasteiger partial charge in [-0.05, 0) is 0 Å². The Hall–Kier alpha value is -1.47. The maximum Gasteiger partial charge on any atom is 0.445 e. The molecule has 0 aromatic rings. The summed E-state index contributed by atoms with van der Waals surface area (Å²) in [5, 5.41) is 0. The summed E-state index contributed by atoms with van der Waals surface area (Å²) in [4.78, 5) is 10.2. The molecule has 0 amide bonds. The summed E-state index contributed by atoms with van der Waals surface area (Å²) in [7, 11) is 0. The quantitative estimate of drug-likeness (QED) is 0.426. The van der Waals surface area contributed by atoms with Crippen LogP contribution in [-0.4, -0.2) is 18.8 Å². The first-order valence-corrected chi connectivity index (χ1v) is 3.29. The van der Waals surface area contributed by atoms with Crippen LogP contribution in [0.2, 0.25) is 0 Å². The molecule has 0 unspecified atom stereocenters. The molecule has 0 heterocycles. The van der Waals surface area contributed by atoms with E-state index in [1.807, 2.05) is 0 Å². The lowest BCUT2D eigenvalue weighted by Crippen LogP contribution is -2.13. The second-order valence-corrected chi connectivity index (χ2v) is 2.20. The molecule has 0 aromatic heterocycles. The number of esters is 1. The molecule has 0 aromatic carbocycles. The van der Waals surface area contributed by atoms with Crippen molar-refractivity contribution in [2.24, 2.45) is 0 Å². The lowest BCUT2D eigenvalue weighted by atomic mass is 10.4. The molecular formula is C7H4F6O2. The van der Waals surface area contributed by atoms with E-state index < -0.39 is 36.2 Å². The van der Waals surface area contributed by atoms with Crippen LogP contribution in [0, 0.1) is 0 Å². The van der Waals surface area contributed by atoms with Gasteiger partial charge in [0, 0.05) is 0 Å². The molecule has 8 heteroatoms. The molecular weight excluding hydrogens is 230 g/mol. The van der Waals surface area contributed by atoms with Crippen LogP contribution in [0.5, 0.6) is 0 Å². The van der Waals surface area contributed by atoms with Crippen molar-refractivity contribution in [1.82, 2.24) is 0 Å². The number of alkyl halides is 3. The third-order valence-corrected chi connectivity index (χ3v) is 1.04. The van der Waals surface area contributed by atoms with Gasteiger partial charge in [-0.15, -0.1) is 0 Å². The second kappa shape index (κ2) is 4.85. The molecule has 0 N–H and O–H groups in total. The largest absolute Gasteiger partial charge is 0.453 e. The van der Waals surface area contributed by atoms with Crippen LogP contribution in [0.1, 0.15) is 0 Å². The van der Waals surface area contributed by atoms with Gasteiger partial charge >= 0.3 is 12.1 Å². The molecule has 0 radical (unpaired) electrons. The zero-order valence-corrected chi connectivity index (χ0v) is 7.00. The standard InChI is InChI=1S/C7H4F6O2/c1-3(8)6(14)15-2-4(9)5(10)7(11,12)13/h1-2H2/b5-4+. The Labute approximate surface area is 79.8 Å². The fourth-order valence-corrected chi connectivity index (χ4v) is 0.424. The molecule has 0 atom stereocenters. The van der Waals surface area contributed by atoms with Gasteiger partial charge in [0.15, 0.2) is 5.83 Å². The van der Waals surface area contributed by atoms with E-state index in [0.29, 0.717) is 0 Å². The van der Waals surface area contributed by atoms with Crippen molar-refractivity contribution >= 4 is 5.97 Å². The lowest BCUT2D eigenvalue weighted by Gasteiger charge is -2.05.